The van der Waals surface area contributed by atoms with Crippen LogP contribution in [-0.4, -0.2) is 132 Å². The highest BCUT2D eigenvalue weighted by atomic mass is 16.5. The van der Waals surface area contributed by atoms with Gasteiger partial charge in [-0.15, -0.1) is 0 Å². The fourth-order valence-corrected chi connectivity index (χ4v) is 18.4. The molecule has 4 atom stereocenters. The molecular formula is C114H132N8O14. The smallest absolute Gasteiger partial charge is 0.336 e. The van der Waals surface area contributed by atoms with Crippen molar-refractivity contribution in [3.8, 4) is 34.5 Å². The van der Waals surface area contributed by atoms with Gasteiger partial charge < -0.3 is 68.4 Å². The zero-order chi connectivity index (χ0) is 91.1. The highest BCUT2D eigenvalue weighted by Crippen LogP contribution is 2.47. The molecule has 4 N–H and O–H groups in total. The average molecular weight is 1840 g/mol. The van der Waals surface area contributed by atoms with E-state index in [1.54, 1.807) is 49.1 Å². The summed E-state index contributed by atoms with van der Waals surface area (Å²) in [7, 11) is 8.28. The van der Waals surface area contributed by atoms with E-state index in [1.807, 2.05) is 24.3 Å². The highest BCUT2D eigenvalue weighted by molar-refractivity contribution is 5.91. The van der Waals surface area contributed by atoms with Crippen molar-refractivity contribution in [1.29, 1.82) is 0 Å². The van der Waals surface area contributed by atoms with Gasteiger partial charge in [-0.25, -0.2) is 19.2 Å². The van der Waals surface area contributed by atoms with Crippen LogP contribution in [0.5, 0.6) is 34.5 Å². The molecule has 136 heavy (non-hydrogen) atoms. The fraction of sp³-hybridized carbons (Fsp3) is 0.368. The van der Waals surface area contributed by atoms with Crippen LogP contribution in [0.2, 0.25) is 0 Å². The highest BCUT2D eigenvalue weighted by Gasteiger charge is 2.32. The van der Waals surface area contributed by atoms with Crippen LogP contribution in [0.25, 0.3) is 0 Å². The van der Waals surface area contributed by atoms with Crippen molar-refractivity contribution in [1.82, 2.24) is 19.9 Å². The number of carboxylic acid groups (broad SMARTS) is 4. The number of benzene rings is 8. The number of carbonyl (C=O) groups is 4. The van der Waals surface area contributed by atoms with Gasteiger partial charge in [0.05, 0.1) is 61.4 Å². The van der Waals surface area contributed by atoms with Crippen LogP contribution in [0, 0.1) is 11.8 Å². The fourth-order valence-electron chi connectivity index (χ4n) is 18.4. The first-order valence-electron chi connectivity index (χ1n) is 46.7. The van der Waals surface area contributed by atoms with Gasteiger partial charge in [0.1, 0.15) is 34.5 Å². The molecule has 4 aromatic heterocycles. The quantitative estimate of drug-likeness (QED) is 0.0305. The molecule has 0 bridgehead atoms. The topological polar surface area (TPSA) is 269 Å². The molecule has 0 radical (unpaired) electrons. The number of aromatic nitrogens is 4. The van der Waals surface area contributed by atoms with Gasteiger partial charge in [0.15, 0.2) is 0 Å². The Balaban J connectivity index is 0.000000152. The number of nitrogens with zero attached hydrogens (tertiary/aromatic N) is 8. The van der Waals surface area contributed by atoms with E-state index in [0.717, 1.165) is 179 Å². The standard InChI is InChI=1S/C28H30N2O4.C28H30N2O3.C27H28N2O4.C27H28N2O3.4CH4/c1-30(22-6-9-24(10-7-22)34-18-19-2-3-19)23-8-11-25-20(13-15-33-27(25)16-23)4-5-21-17-29-14-12-26(21)28(31)32;1-30(23-8-4-20(5-9-23)16-19-2-3-19)24-10-11-25-21(13-15-33-27(25)17-24)6-7-22-18-29-14-12-26(22)28(31)32;1-29(20-4-7-22(8-5-20)33-23-9-10-23)21-6-11-24-18(13-15-32-26(24)16-21)2-3-19-17-28-14-12-25(19)27(30)31;1-29(22-8-6-19(7-9-22)18-2-3-18)23-10-11-24-20(13-15-32-26(24)16-23)4-5-21-17-28-14-12-25(21)27(30)31;;;;/h6-12,14,16-17,19-20H,2-5,13,15,18H2,1H3,(H,31,32);4-5,8-12,14,17-19,21H,2-3,6-7,13,15-16H2,1H3,(H,31,32);4-8,11-12,14,16-18,23H,2-3,9-10,13,15H2,1H3,(H,30,31);6-12,14,16-18,20H,2-5,13,15H2,1H3,(H,30,31);4*1H4/t20-;21-;18-;20-;;;;/m1111..../s1. The third kappa shape index (κ3) is 25.4. The van der Waals surface area contributed by atoms with Gasteiger partial charge in [-0.1, -0.05) is 78.2 Å². The van der Waals surface area contributed by atoms with E-state index < -0.39 is 23.9 Å². The maximum atomic E-state index is 11.5. The molecule has 4 aliphatic carbocycles. The van der Waals surface area contributed by atoms with Crippen LogP contribution in [0.15, 0.2) is 244 Å². The van der Waals surface area contributed by atoms with Crippen LogP contribution >= 0.6 is 0 Å². The molecule has 22 nitrogen and oxygen atoms in total. The molecule has 8 aliphatic rings. The molecule has 0 amide bonds. The Kier molecular flexibility index (Phi) is 34.1. The number of fused-ring (bicyclic) bond motifs is 4. The predicted octanol–water partition coefficient (Wildman–Crippen LogP) is 25.9. The van der Waals surface area contributed by atoms with E-state index in [-0.39, 0.29) is 29.7 Å². The molecule has 4 fully saturated rings. The Hall–Kier alpha value is -13.8. The van der Waals surface area contributed by atoms with E-state index in [9.17, 15) is 39.6 Å². The number of rotatable bonds is 32. The number of anilines is 8. The monoisotopic (exact) mass is 1840 g/mol. The molecule has 0 unspecified atom stereocenters. The first kappa shape index (κ1) is 99.7. The molecule has 712 valence electrons. The van der Waals surface area contributed by atoms with E-state index in [2.05, 4.69) is 213 Å². The molecule has 20 rings (SSSR count). The van der Waals surface area contributed by atoms with Crippen molar-refractivity contribution in [2.45, 2.75) is 200 Å². The number of aromatic carboxylic acids is 4. The molecular weight excluding hydrogens is 1710 g/mol. The summed E-state index contributed by atoms with van der Waals surface area (Å²) in [4.78, 5) is 71.2. The molecule has 4 aliphatic heterocycles. The largest absolute Gasteiger partial charge is 0.493 e. The molecule has 22 heteroatoms. The lowest BCUT2D eigenvalue weighted by Gasteiger charge is -2.28. The summed E-state index contributed by atoms with van der Waals surface area (Å²) in [5.41, 5.74) is 21.0. The lowest BCUT2D eigenvalue weighted by molar-refractivity contribution is 0.0684. The van der Waals surface area contributed by atoms with Gasteiger partial charge in [-0.05, 0) is 353 Å². The van der Waals surface area contributed by atoms with E-state index in [0.29, 0.717) is 104 Å². The number of hydrogen-bond acceptors (Lipinski definition) is 18. The van der Waals surface area contributed by atoms with Crippen LogP contribution in [0.4, 0.5) is 45.5 Å². The normalized spacial score (nSPS) is 16.6. The Morgan fingerprint density at radius 2 is 0.618 bits per heavy atom. The van der Waals surface area contributed by atoms with Gasteiger partial charge in [-0.3, -0.25) is 19.9 Å². The van der Waals surface area contributed by atoms with E-state index in [1.165, 1.54) is 114 Å². The Morgan fingerprint density at radius 1 is 0.331 bits per heavy atom. The molecule has 0 spiro atoms. The number of aryl methyl sites for hydroxylation is 4. The minimum absolute atomic E-state index is 0. The van der Waals surface area contributed by atoms with Crippen molar-refractivity contribution in [3.63, 3.8) is 0 Å². The van der Waals surface area contributed by atoms with Crippen LogP contribution < -0.4 is 48.0 Å². The second kappa shape index (κ2) is 46.5. The third-order valence-electron chi connectivity index (χ3n) is 27.1. The van der Waals surface area contributed by atoms with E-state index in [4.69, 9.17) is 28.4 Å². The molecule has 12 aromatic rings. The molecule has 4 saturated carbocycles. The maximum Gasteiger partial charge on any atom is 0.336 e. The van der Waals surface area contributed by atoms with Crippen LogP contribution in [0.1, 0.15) is 259 Å². The summed E-state index contributed by atoms with van der Waals surface area (Å²) in [6.07, 6.45) is 34.6. The minimum Gasteiger partial charge on any atom is -0.493 e. The van der Waals surface area contributed by atoms with Gasteiger partial charge in [0, 0.05) is 148 Å². The lowest BCUT2D eigenvalue weighted by Crippen LogP contribution is -2.17. The minimum atomic E-state index is -0.903. The maximum absolute atomic E-state index is 11.5. The average Bonchev–Trinajstić information content (AvgIpc) is 1.62. The zero-order valence-electron chi connectivity index (χ0n) is 75.5. The second-order valence-corrected chi connectivity index (χ2v) is 36.2. The summed E-state index contributed by atoms with van der Waals surface area (Å²) in [6, 6.07) is 66.2. The number of carboxylic acids is 4. The first-order chi connectivity index (χ1) is 64.3. The van der Waals surface area contributed by atoms with Crippen molar-refractivity contribution in [2.75, 3.05) is 80.8 Å². The summed E-state index contributed by atoms with van der Waals surface area (Å²) in [5, 5.41) is 37.7. The van der Waals surface area contributed by atoms with Crippen LogP contribution in [0.3, 0.4) is 0 Å². The Morgan fingerprint density at radius 3 is 0.904 bits per heavy atom. The lowest BCUT2D eigenvalue weighted by atomic mass is 9.87. The first-order valence-corrected chi connectivity index (χ1v) is 46.7. The third-order valence-corrected chi connectivity index (χ3v) is 27.1. The number of hydrogen-bond donors (Lipinski definition) is 4. The zero-order valence-corrected chi connectivity index (χ0v) is 75.5. The Labute approximate surface area is 801 Å². The van der Waals surface area contributed by atoms with Crippen molar-refractivity contribution >= 4 is 69.4 Å². The van der Waals surface area contributed by atoms with Crippen molar-refractivity contribution in [2.24, 2.45) is 11.8 Å². The predicted molar refractivity (Wildman–Crippen MR) is 540 cm³/mol. The second-order valence-electron chi connectivity index (χ2n) is 36.2. The molecule has 8 heterocycles. The molecule has 0 saturated heterocycles. The van der Waals surface area contributed by atoms with Crippen LogP contribution in [-0.2, 0) is 32.1 Å². The van der Waals surface area contributed by atoms with Gasteiger partial charge in [-0.2, -0.15) is 0 Å². The molecule has 8 aromatic carbocycles. The number of pyridine rings is 4. The Bertz CT molecular complexity index is 5840. The van der Waals surface area contributed by atoms with Gasteiger partial charge in [0.25, 0.3) is 0 Å². The van der Waals surface area contributed by atoms with Crippen molar-refractivity contribution in [3.05, 3.63) is 322 Å². The summed E-state index contributed by atoms with van der Waals surface area (Å²) >= 11 is 0. The van der Waals surface area contributed by atoms with E-state index >= 15 is 0 Å². The van der Waals surface area contributed by atoms with Gasteiger partial charge >= 0.3 is 23.9 Å². The van der Waals surface area contributed by atoms with Gasteiger partial charge in [0.2, 0.25) is 0 Å². The number of ether oxygens (including phenoxy) is 6. The summed E-state index contributed by atoms with van der Waals surface area (Å²) in [5.74, 6) is 5.68. The summed E-state index contributed by atoms with van der Waals surface area (Å²) < 4.78 is 35.8. The van der Waals surface area contributed by atoms with Crippen molar-refractivity contribution < 1.29 is 68.0 Å². The summed E-state index contributed by atoms with van der Waals surface area (Å²) in [6.45, 7) is 3.50. The SMILES string of the molecule is C.C.C.C.CN(c1ccc(C2CC2)cc1)c1ccc2c(c1)OCC[C@H]2CCc1cnccc1C(=O)O.CN(c1ccc(CC2CC2)cc1)c1ccc2c(c1)OCC[C@H]2CCc1cnccc1C(=O)O.CN(c1ccc(OC2CC2)cc1)c1ccc2c(c1)OCC[C@H]2CCc1cnccc1C(=O)O.CN(c1ccc(OCC2CC2)cc1)c1ccc2c(c1)OCC[C@H]2CCc1cnccc1C(=O)O.